The summed E-state index contributed by atoms with van der Waals surface area (Å²) in [6.45, 7) is 6.08. The highest BCUT2D eigenvalue weighted by molar-refractivity contribution is 5.95. The summed E-state index contributed by atoms with van der Waals surface area (Å²) in [7, 11) is 0. The summed E-state index contributed by atoms with van der Waals surface area (Å²) in [6, 6.07) is 4.10. The highest BCUT2D eigenvalue weighted by atomic mass is 15.1. The minimum absolute atomic E-state index is 0.410. The minimum atomic E-state index is 0.410. The Labute approximate surface area is 137 Å². The maximum Gasteiger partial charge on any atom is 0.126 e. The number of H-pyrrole nitrogens is 1. The lowest BCUT2D eigenvalue weighted by Gasteiger charge is -2.10. The predicted molar refractivity (Wildman–Crippen MR) is 95.1 cm³/mol. The molecule has 0 saturated carbocycles. The summed E-state index contributed by atoms with van der Waals surface area (Å²) in [5.74, 6) is 1.30. The van der Waals surface area contributed by atoms with Gasteiger partial charge in [0, 0.05) is 42.7 Å². The van der Waals surface area contributed by atoms with E-state index in [0.717, 1.165) is 54.3 Å². The third-order valence-electron chi connectivity index (χ3n) is 3.93. The summed E-state index contributed by atoms with van der Waals surface area (Å²) in [6.07, 6.45) is 10.0. The Bertz CT molecular complexity index is 712. The Morgan fingerprint density at radius 2 is 2.26 bits per heavy atom. The highest BCUT2D eigenvalue weighted by Gasteiger charge is 2.11. The van der Waals surface area contributed by atoms with Crippen LogP contribution in [0.5, 0.6) is 0 Å². The van der Waals surface area contributed by atoms with Gasteiger partial charge in [-0.3, -0.25) is 10.1 Å². The van der Waals surface area contributed by atoms with E-state index in [2.05, 4.69) is 57.6 Å². The third kappa shape index (κ3) is 3.86. The second-order valence-electron chi connectivity index (χ2n) is 6.02. The first-order valence-electron chi connectivity index (χ1n) is 8.17. The van der Waals surface area contributed by atoms with E-state index in [0.29, 0.717) is 5.92 Å². The molecule has 5 nitrogen and oxygen atoms in total. The lowest BCUT2D eigenvalue weighted by atomic mass is 10.0. The molecule has 1 aliphatic rings. The molecule has 0 bridgehead atoms. The molecule has 2 aromatic heterocycles. The van der Waals surface area contributed by atoms with Crippen LogP contribution in [0.2, 0.25) is 0 Å². The van der Waals surface area contributed by atoms with Crippen molar-refractivity contribution >= 4 is 11.5 Å². The Balaban J connectivity index is 1.66. The largest absolute Gasteiger partial charge is 0.370 e. The Hall–Kier alpha value is -2.43. The van der Waals surface area contributed by atoms with Crippen molar-refractivity contribution in [3.05, 3.63) is 42.4 Å². The van der Waals surface area contributed by atoms with Crippen LogP contribution in [-0.4, -0.2) is 34.0 Å². The van der Waals surface area contributed by atoms with E-state index in [1.807, 2.05) is 18.5 Å². The average molecular weight is 309 g/mol. The Morgan fingerprint density at radius 3 is 3.04 bits per heavy atom. The molecule has 0 unspecified atom stereocenters. The van der Waals surface area contributed by atoms with Crippen LogP contribution >= 0.6 is 0 Å². The molecule has 2 aromatic rings. The van der Waals surface area contributed by atoms with Crippen LogP contribution in [0, 0.1) is 0 Å². The molecule has 23 heavy (non-hydrogen) atoms. The second-order valence-corrected chi connectivity index (χ2v) is 6.02. The number of aromatic amines is 1. The van der Waals surface area contributed by atoms with Gasteiger partial charge in [0.15, 0.2) is 0 Å². The van der Waals surface area contributed by atoms with E-state index in [1.54, 1.807) is 0 Å². The van der Waals surface area contributed by atoms with Crippen molar-refractivity contribution in [2.75, 3.05) is 18.4 Å². The highest BCUT2D eigenvalue weighted by Crippen LogP contribution is 2.28. The van der Waals surface area contributed by atoms with Crippen molar-refractivity contribution in [1.29, 1.82) is 0 Å². The topological polar surface area (TPSA) is 66.0 Å². The number of aliphatic imine (C=N–C) groups is 1. The maximum absolute atomic E-state index is 4.51. The van der Waals surface area contributed by atoms with Gasteiger partial charge < -0.3 is 5.32 Å². The fourth-order valence-corrected chi connectivity index (χ4v) is 2.70. The number of nitrogens with one attached hydrogen (secondary N) is 2. The van der Waals surface area contributed by atoms with Crippen molar-refractivity contribution in [3.8, 4) is 11.1 Å². The van der Waals surface area contributed by atoms with Crippen molar-refractivity contribution in [1.82, 2.24) is 15.2 Å². The molecule has 2 N–H and O–H groups in total. The van der Waals surface area contributed by atoms with E-state index in [-0.39, 0.29) is 0 Å². The van der Waals surface area contributed by atoms with Crippen LogP contribution in [0.25, 0.3) is 11.1 Å². The van der Waals surface area contributed by atoms with Gasteiger partial charge in [0.25, 0.3) is 0 Å². The molecule has 5 heteroatoms. The monoisotopic (exact) mass is 309 g/mol. The van der Waals surface area contributed by atoms with Crippen molar-refractivity contribution in [3.63, 3.8) is 0 Å². The summed E-state index contributed by atoms with van der Waals surface area (Å²) < 4.78 is 0. The first-order chi connectivity index (χ1) is 11.2. The molecule has 1 aliphatic heterocycles. The van der Waals surface area contributed by atoms with Gasteiger partial charge in [-0.05, 0) is 36.1 Å². The zero-order chi connectivity index (χ0) is 16.1. The normalized spacial score (nSPS) is 14.1. The number of hydrogen-bond acceptors (Lipinski definition) is 4. The smallest absolute Gasteiger partial charge is 0.126 e. The van der Waals surface area contributed by atoms with Crippen LogP contribution in [0.1, 0.15) is 38.3 Å². The van der Waals surface area contributed by atoms with Gasteiger partial charge in [-0.2, -0.15) is 5.10 Å². The molecule has 0 atom stereocenters. The number of dihydropyridines is 1. The minimum Gasteiger partial charge on any atom is -0.370 e. The van der Waals surface area contributed by atoms with E-state index >= 15 is 0 Å². The molecule has 0 saturated heterocycles. The fraction of sp³-hybridized carbons (Fsp3) is 0.389. The molecule has 0 fully saturated rings. The fourth-order valence-electron chi connectivity index (χ4n) is 2.70. The average Bonchev–Trinajstić information content (AvgIpc) is 3.06. The molecule has 0 aromatic carbocycles. The number of aromatic nitrogens is 3. The molecule has 0 radical (unpaired) electrons. The first kappa shape index (κ1) is 15.5. The molecular weight excluding hydrogens is 286 g/mol. The molecule has 3 heterocycles. The molecule has 0 spiro atoms. The summed E-state index contributed by atoms with van der Waals surface area (Å²) >= 11 is 0. The molecular formula is C18H23N5. The zero-order valence-corrected chi connectivity index (χ0v) is 13.7. The van der Waals surface area contributed by atoms with Gasteiger partial charge in [0.1, 0.15) is 5.82 Å². The predicted octanol–water partition coefficient (Wildman–Crippen LogP) is 3.80. The zero-order valence-electron chi connectivity index (χ0n) is 13.7. The number of nitrogens with zero attached hydrogens (tertiary/aromatic N) is 3. The van der Waals surface area contributed by atoms with E-state index in [9.17, 15) is 0 Å². The van der Waals surface area contributed by atoms with Gasteiger partial charge in [-0.15, -0.1) is 0 Å². The molecule has 0 aliphatic carbocycles. The SMILES string of the molecule is CC(C)c1[nH]ncc1-c1ccnc(NCCC2=NCCC=C2)c1. The summed E-state index contributed by atoms with van der Waals surface area (Å²) in [5, 5.41) is 10.7. The van der Waals surface area contributed by atoms with Crippen molar-refractivity contribution in [2.45, 2.75) is 32.6 Å². The lowest BCUT2D eigenvalue weighted by Crippen LogP contribution is -2.10. The number of hydrogen-bond donors (Lipinski definition) is 2. The lowest BCUT2D eigenvalue weighted by molar-refractivity contribution is 0.812. The van der Waals surface area contributed by atoms with Crippen molar-refractivity contribution in [2.24, 2.45) is 4.99 Å². The van der Waals surface area contributed by atoms with Crippen molar-refractivity contribution < 1.29 is 0 Å². The molecule has 0 amide bonds. The van der Waals surface area contributed by atoms with Gasteiger partial charge in [-0.1, -0.05) is 19.9 Å². The van der Waals surface area contributed by atoms with Gasteiger partial charge >= 0.3 is 0 Å². The quantitative estimate of drug-likeness (QED) is 0.853. The van der Waals surface area contributed by atoms with Crippen LogP contribution in [-0.2, 0) is 0 Å². The first-order valence-corrected chi connectivity index (χ1v) is 8.17. The van der Waals surface area contributed by atoms with E-state index < -0.39 is 0 Å². The van der Waals surface area contributed by atoms with E-state index in [1.165, 1.54) is 0 Å². The second kappa shape index (κ2) is 7.22. The van der Waals surface area contributed by atoms with Gasteiger partial charge in [0.2, 0.25) is 0 Å². The van der Waals surface area contributed by atoms with Crippen LogP contribution in [0.15, 0.2) is 41.7 Å². The maximum atomic E-state index is 4.51. The van der Waals surface area contributed by atoms with Gasteiger partial charge in [-0.25, -0.2) is 4.98 Å². The Kier molecular flexibility index (Phi) is 4.86. The van der Waals surface area contributed by atoms with Gasteiger partial charge in [0.05, 0.1) is 6.20 Å². The van der Waals surface area contributed by atoms with Crippen LogP contribution in [0.3, 0.4) is 0 Å². The summed E-state index contributed by atoms with van der Waals surface area (Å²) in [5.41, 5.74) is 4.60. The third-order valence-corrected chi connectivity index (χ3v) is 3.93. The van der Waals surface area contributed by atoms with E-state index in [4.69, 9.17) is 0 Å². The molecule has 3 rings (SSSR count). The Morgan fingerprint density at radius 1 is 1.35 bits per heavy atom. The number of rotatable bonds is 6. The number of pyridine rings is 1. The number of allylic oxidation sites excluding steroid dienone is 1. The molecule has 120 valence electrons. The summed E-state index contributed by atoms with van der Waals surface area (Å²) in [4.78, 5) is 8.91. The van der Waals surface area contributed by atoms with Crippen LogP contribution in [0.4, 0.5) is 5.82 Å². The van der Waals surface area contributed by atoms with Crippen LogP contribution < -0.4 is 5.32 Å². The number of anilines is 1. The standard InChI is InChI=1S/C18H23N5/c1-13(2)18-16(12-22-23-18)14-6-9-20-17(11-14)21-10-7-15-5-3-4-8-19-15/h3,5-6,9,11-13H,4,7-8,10H2,1-2H3,(H,20,21)(H,22,23).